The quantitative estimate of drug-likeness (QED) is 0.264. The average Bonchev–Trinajstić information content (AvgIpc) is 2.88. The summed E-state index contributed by atoms with van der Waals surface area (Å²) >= 11 is 5.81. The zero-order chi connectivity index (χ0) is 23.8. The fourth-order valence-electron chi connectivity index (χ4n) is 4.46. The Kier molecular flexibility index (Phi) is 8.22. The lowest BCUT2D eigenvalue weighted by atomic mass is 10.0. The largest absolute Gasteiger partial charge is 0.342 e. The van der Waals surface area contributed by atoms with E-state index in [4.69, 9.17) is 12.2 Å². The van der Waals surface area contributed by atoms with Gasteiger partial charge < -0.3 is 15.1 Å². The molecule has 1 fully saturated rings. The Morgan fingerprint density at radius 2 is 1.53 bits per heavy atom. The van der Waals surface area contributed by atoms with Crippen molar-refractivity contribution in [3.63, 3.8) is 0 Å². The lowest BCUT2D eigenvalue weighted by Crippen LogP contribution is -2.48. The van der Waals surface area contributed by atoms with Crippen molar-refractivity contribution in [3.8, 4) is 0 Å². The smallest absolute Gasteiger partial charge is 0.292 e. The van der Waals surface area contributed by atoms with Crippen molar-refractivity contribution in [2.75, 3.05) is 25.0 Å². The third-order valence-corrected chi connectivity index (χ3v) is 6.69. The number of piperidine rings is 1. The van der Waals surface area contributed by atoms with Crippen molar-refractivity contribution in [1.29, 1.82) is 0 Å². The summed E-state index contributed by atoms with van der Waals surface area (Å²) in [5.41, 5.74) is 2.99. The molecule has 1 saturated heterocycles. The average molecular weight is 475 g/mol. The molecule has 0 saturated carbocycles. The SMILES string of the molecule is O=[N+]([O-])c1ccccc1NC(=S)N(Cc1ccccc1)C1CCN(CCc2ccccc2)CC1. The van der Waals surface area contributed by atoms with Crippen molar-refractivity contribution in [2.45, 2.75) is 31.8 Å². The number of likely N-dealkylation sites (tertiary alicyclic amines) is 1. The summed E-state index contributed by atoms with van der Waals surface area (Å²) in [5, 5.41) is 15.2. The number of nitro benzene ring substituents is 1. The van der Waals surface area contributed by atoms with Crippen LogP contribution in [0.1, 0.15) is 24.0 Å². The number of nitro groups is 1. The predicted octanol–water partition coefficient (Wildman–Crippen LogP) is 5.50. The van der Waals surface area contributed by atoms with E-state index in [0.717, 1.165) is 38.9 Å². The highest BCUT2D eigenvalue weighted by Crippen LogP contribution is 2.26. The van der Waals surface area contributed by atoms with Crippen LogP contribution in [0.2, 0.25) is 0 Å². The Morgan fingerprint density at radius 3 is 2.18 bits per heavy atom. The van der Waals surface area contributed by atoms with E-state index < -0.39 is 0 Å². The molecule has 1 N–H and O–H groups in total. The van der Waals surface area contributed by atoms with Gasteiger partial charge in [0, 0.05) is 38.3 Å². The molecule has 176 valence electrons. The highest BCUT2D eigenvalue weighted by Gasteiger charge is 2.27. The van der Waals surface area contributed by atoms with Gasteiger partial charge in [0.1, 0.15) is 5.69 Å². The van der Waals surface area contributed by atoms with E-state index in [2.05, 4.69) is 57.6 Å². The van der Waals surface area contributed by atoms with Crippen LogP contribution in [0.25, 0.3) is 0 Å². The predicted molar refractivity (Wildman–Crippen MR) is 141 cm³/mol. The van der Waals surface area contributed by atoms with Crippen molar-refractivity contribution >= 4 is 28.7 Å². The molecule has 6 nitrogen and oxygen atoms in total. The summed E-state index contributed by atoms with van der Waals surface area (Å²) in [6.45, 7) is 3.74. The standard InChI is InChI=1S/C27H30N4O2S/c32-31(33)26-14-8-7-13-25(26)28-27(34)30(21-23-11-5-2-6-12-23)24-16-19-29(20-17-24)18-15-22-9-3-1-4-10-22/h1-14,24H,15-21H2,(H,28,34). The highest BCUT2D eigenvalue weighted by molar-refractivity contribution is 7.80. The van der Waals surface area contributed by atoms with Gasteiger partial charge >= 0.3 is 0 Å². The van der Waals surface area contributed by atoms with Gasteiger partial charge in [0.05, 0.1) is 4.92 Å². The maximum atomic E-state index is 11.5. The van der Waals surface area contributed by atoms with Crippen LogP contribution in [-0.4, -0.2) is 45.5 Å². The monoisotopic (exact) mass is 474 g/mol. The maximum Gasteiger partial charge on any atom is 0.292 e. The molecule has 0 spiro atoms. The normalized spacial score (nSPS) is 14.5. The van der Waals surface area contributed by atoms with Crippen molar-refractivity contribution in [3.05, 3.63) is 106 Å². The maximum absolute atomic E-state index is 11.5. The molecular weight excluding hydrogens is 444 g/mol. The van der Waals surface area contributed by atoms with E-state index in [1.807, 2.05) is 18.2 Å². The minimum atomic E-state index is -0.377. The Labute approximate surface area is 206 Å². The summed E-state index contributed by atoms with van der Waals surface area (Å²) < 4.78 is 0. The zero-order valence-electron chi connectivity index (χ0n) is 19.2. The molecule has 3 aromatic carbocycles. The van der Waals surface area contributed by atoms with E-state index >= 15 is 0 Å². The van der Waals surface area contributed by atoms with E-state index in [9.17, 15) is 10.1 Å². The van der Waals surface area contributed by atoms with Gasteiger partial charge in [-0.3, -0.25) is 10.1 Å². The molecule has 0 bridgehead atoms. The fourth-order valence-corrected chi connectivity index (χ4v) is 4.78. The number of thiocarbonyl (C=S) groups is 1. The molecule has 3 aromatic rings. The van der Waals surface area contributed by atoms with E-state index in [-0.39, 0.29) is 16.7 Å². The molecule has 0 radical (unpaired) electrons. The molecule has 4 rings (SSSR count). The molecular formula is C27H30N4O2S. The van der Waals surface area contributed by atoms with Crippen molar-refractivity contribution in [1.82, 2.24) is 9.80 Å². The van der Waals surface area contributed by atoms with Crippen molar-refractivity contribution < 1.29 is 4.92 Å². The number of para-hydroxylation sites is 2. The number of anilines is 1. The molecule has 1 aliphatic rings. The lowest BCUT2D eigenvalue weighted by molar-refractivity contribution is -0.383. The molecule has 1 aliphatic heterocycles. The Hall–Kier alpha value is -3.29. The minimum absolute atomic E-state index is 0.0280. The lowest BCUT2D eigenvalue weighted by Gasteiger charge is -2.40. The first-order valence-electron chi connectivity index (χ1n) is 11.7. The highest BCUT2D eigenvalue weighted by atomic mass is 32.1. The van der Waals surface area contributed by atoms with Crippen LogP contribution >= 0.6 is 12.2 Å². The molecule has 0 atom stereocenters. The molecule has 1 heterocycles. The van der Waals surface area contributed by atoms with Crippen LogP contribution in [0.3, 0.4) is 0 Å². The van der Waals surface area contributed by atoms with Crippen LogP contribution in [0, 0.1) is 10.1 Å². The summed E-state index contributed by atoms with van der Waals surface area (Å²) in [6, 6.07) is 27.8. The molecule has 0 aliphatic carbocycles. The van der Waals surface area contributed by atoms with Gasteiger partial charge in [0.25, 0.3) is 5.69 Å². The van der Waals surface area contributed by atoms with Gasteiger partial charge in [-0.25, -0.2) is 0 Å². The molecule has 34 heavy (non-hydrogen) atoms. The summed E-state index contributed by atoms with van der Waals surface area (Å²) in [5.74, 6) is 0. The number of hydrogen-bond donors (Lipinski definition) is 1. The second kappa shape index (κ2) is 11.7. The van der Waals surface area contributed by atoms with Gasteiger partial charge in [0.2, 0.25) is 0 Å². The van der Waals surface area contributed by atoms with E-state index in [1.165, 1.54) is 17.2 Å². The third-order valence-electron chi connectivity index (χ3n) is 6.36. The van der Waals surface area contributed by atoms with Gasteiger partial charge in [0.15, 0.2) is 5.11 Å². The molecule has 0 amide bonds. The first kappa shape index (κ1) is 23.9. The second-order valence-electron chi connectivity index (χ2n) is 8.63. The first-order chi connectivity index (χ1) is 16.6. The van der Waals surface area contributed by atoms with Crippen LogP contribution in [-0.2, 0) is 13.0 Å². The van der Waals surface area contributed by atoms with E-state index in [0.29, 0.717) is 17.3 Å². The summed E-state index contributed by atoms with van der Waals surface area (Å²) in [4.78, 5) is 15.8. The van der Waals surface area contributed by atoms with Crippen LogP contribution in [0.4, 0.5) is 11.4 Å². The number of rotatable bonds is 8. The molecule has 0 unspecified atom stereocenters. The van der Waals surface area contributed by atoms with Gasteiger partial charge in [-0.1, -0.05) is 72.8 Å². The van der Waals surface area contributed by atoms with Crippen molar-refractivity contribution in [2.24, 2.45) is 0 Å². The fraction of sp³-hybridized carbons (Fsp3) is 0.296. The van der Waals surface area contributed by atoms with E-state index in [1.54, 1.807) is 18.2 Å². The Bertz CT molecular complexity index is 1090. The summed E-state index contributed by atoms with van der Waals surface area (Å²) in [7, 11) is 0. The second-order valence-corrected chi connectivity index (χ2v) is 9.01. The first-order valence-corrected chi connectivity index (χ1v) is 12.1. The Balaban J connectivity index is 1.43. The molecule has 0 aromatic heterocycles. The zero-order valence-corrected chi connectivity index (χ0v) is 20.0. The van der Waals surface area contributed by atoms with Gasteiger partial charge in [-0.05, 0) is 48.7 Å². The van der Waals surface area contributed by atoms with Gasteiger partial charge in [-0.15, -0.1) is 0 Å². The van der Waals surface area contributed by atoms with Crippen LogP contribution in [0.15, 0.2) is 84.9 Å². The van der Waals surface area contributed by atoms with Crippen LogP contribution in [0.5, 0.6) is 0 Å². The summed E-state index contributed by atoms with van der Waals surface area (Å²) in [6.07, 6.45) is 3.05. The number of benzene rings is 3. The van der Waals surface area contributed by atoms with Gasteiger partial charge in [-0.2, -0.15) is 0 Å². The molecule has 7 heteroatoms. The minimum Gasteiger partial charge on any atom is -0.342 e. The number of hydrogen-bond acceptors (Lipinski definition) is 4. The number of nitrogens with zero attached hydrogens (tertiary/aromatic N) is 3. The third kappa shape index (κ3) is 6.40. The topological polar surface area (TPSA) is 61.7 Å². The number of nitrogens with one attached hydrogen (secondary N) is 1. The van der Waals surface area contributed by atoms with Crippen LogP contribution < -0.4 is 5.32 Å². The Morgan fingerprint density at radius 1 is 0.941 bits per heavy atom.